The number of aromatic nitrogens is 1. The summed E-state index contributed by atoms with van der Waals surface area (Å²) in [5.74, 6) is 0. The molecule has 0 radical (unpaired) electrons. The topological polar surface area (TPSA) is 12.9 Å². The fourth-order valence-corrected chi connectivity index (χ4v) is 0.872. The summed E-state index contributed by atoms with van der Waals surface area (Å²) in [4.78, 5) is 3.96. The summed E-state index contributed by atoms with van der Waals surface area (Å²) in [5.41, 5.74) is 0.423. The van der Waals surface area contributed by atoms with E-state index in [0.29, 0.717) is 0 Å². The predicted molar refractivity (Wildman–Crippen MR) is 49.7 cm³/mol. The van der Waals surface area contributed by atoms with Crippen LogP contribution in [-0.2, 0) is 0 Å². The molecule has 1 aromatic carbocycles. The Morgan fingerprint density at radius 2 is 2.00 bits per heavy atom. The Morgan fingerprint density at radius 3 is 3.00 bits per heavy atom. The molecule has 0 atom stereocenters. The van der Waals surface area contributed by atoms with E-state index in [9.17, 15) is 0 Å². The fraction of sp³-hybridized carbons (Fsp3) is 0. The van der Waals surface area contributed by atoms with Gasteiger partial charge in [0.1, 0.15) is 0 Å². The minimum Gasteiger partial charge on any atom is -0.256 e. The monoisotopic (exact) mass is 160 g/mol. The third-order valence-corrected chi connectivity index (χ3v) is 1.40. The lowest BCUT2D eigenvalue weighted by atomic mass is 10.1. The van der Waals surface area contributed by atoms with Gasteiger partial charge in [-0.1, -0.05) is 36.3 Å². The summed E-state index contributed by atoms with van der Waals surface area (Å²) in [6, 6.07) is 3.90. The first-order valence-electron chi connectivity index (χ1n) is 6.01. The van der Waals surface area contributed by atoms with Gasteiger partial charge in [-0.05, 0) is 12.1 Å². The maximum absolute atomic E-state index is 7.74. The molecule has 0 N–H and O–H groups in total. The van der Waals surface area contributed by atoms with Crippen molar-refractivity contribution in [2.75, 3.05) is 0 Å². The highest BCUT2D eigenvalue weighted by atomic mass is 14.7. The Kier molecular flexibility index (Phi) is 0.900. The van der Waals surface area contributed by atoms with Gasteiger partial charge in [0.05, 0.1) is 12.5 Å². The maximum atomic E-state index is 7.74. The third kappa shape index (κ3) is 1.35. The quantitative estimate of drug-likeness (QED) is 0.625. The number of pyridine rings is 1. The van der Waals surface area contributed by atoms with Crippen molar-refractivity contribution >= 4 is 0 Å². The van der Waals surface area contributed by atoms with Gasteiger partial charge in [-0.25, -0.2) is 0 Å². The summed E-state index contributed by atoms with van der Waals surface area (Å²) in [6.07, 6.45) is 1.38. The number of hydrogen-bond donors (Lipinski definition) is 0. The van der Waals surface area contributed by atoms with Crippen LogP contribution in [0.25, 0.3) is 11.3 Å². The van der Waals surface area contributed by atoms with Crippen LogP contribution in [0.1, 0.15) is 6.85 Å². The van der Waals surface area contributed by atoms with Crippen LogP contribution < -0.4 is 0 Å². The van der Waals surface area contributed by atoms with Gasteiger partial charge in [0.2, 0.25) is 0 Å². The molecule has 1 nitrogen and oxygen atoms in total. The highest BCUT2D eigenvalue weighted by molar-refractivity contribution is 5.58. The Bertz CT molecular complexity index is 582. The second-order valence-electron chi connectivity index (χ2n) is 2.20. The third-order valence-electron chi connectivity index (χ3n) is 1.40. The van der Waals surface area contributed by atoms with Crippen molar-refractivity contribution in [1.29, 1.82) is 0 Å². The van der Waals surface area contributed by atoms with E-state index in [4.69, 9.17) is 6.85 Å². The van der Waals surface area contributed by atoms with Crippen molar-refractivity contribution in [2.24, 2.45) is 0 Å². The van der Waals surface area contributed by atoms with Crippen LogP contribution in [0.3, 0.4) is 0 Å². The van der Waals surface area contributed by atoms with E-state index in [1.165, 1.54) is 24.4 Å². The molecule has 0 bridgehead atoms. The van der Waals surface area contributed by atoms with Gasteiger partial charge >= 0.3 is 0 Å². The predicted octanol–water partition coefficient (Wildman–Crippen LogP) is 2.75. The highest BCUT2D eigenvalue weighted by Gasteiger charge is 1.93. The Labute approximate surface area is 78.7 Å². The van der Waals surface area contributed by atoms with E-state index < -0.39 is 0 Å². The van der Waals surface area contributed by atoms with Crippen LogP contribution in [0.15, 0.2) is 54.6 Å². The van der Waals surface area contributed by atoms with E-state index in [2.05, 4.69) is 4.98 Å². The lowest BCUT2D eigenvalue weighted by molar-refractivity contribution is 1.33. The molecule has 0 aliphatic heterocycles. The molecule has 0 spiro atoms. The number of hydrogen-bond acceptors (Lipinski definition) is 1. The average molecular weight is 160 g/mol. The summed E-state index contributed by atoms with van der Waals surface area (Å²) in [7, 11) is 0. The largest absolute Gasteiger partial charge is 0.256 e. The average Bonchev–Trinajstić information content (AvgIpc) is 2.27. The van der Waals surface area contributed by atoms with Gasteiger partial charge in [-0.2, -0.15) is 0 Å². The smallest absolute Gasteiger partial charge is 0.0701 e. The van der Waals surface area contributed by atoms with Crippen LogP contribution >= 0.6 is 0 Å². The van der Waals surface area contributed by atoms with Gasteiger partial charge in [-0.15, -0.1) is 0 Å². The molecule has 1 heteroatoms. The van der Waals surface area contributed by atoms with Crippen molar-refractivity contribution in [3.8, 4) is 11.3 Å². The minimum absolute atomic E-state index is 0.0105. The van der Waals surface area contributed by atoms with Crippen molar-refractivity contribution in [1.82, 2.24) is 4.98 Å². The second kappa shape index (κ2) is 3.18. The van der Waals surface area contributed by atoms with Gasteiger partial charge in [0.15, 0.2) is 0 Å². The van der Waals surface area contributed by atoms with Gasteiger partial charge < -0.3 is 0 Å². The molecule has 0 aliphatic carbocycles. The lowest BCUT2D eigenvalue weighted by Crippen LogP contribution is -1.79. The maximum Gasteiger partial charge on any atom is 0.0701 e. The first-order chi connectivity index (χ1) is 8.00. The van der Waals surface area contributed by atoms with E-state index >= 15 is 0 Å². The van der Waals surface area contributed by atoms with Crippen LogP contribution in [0.4, 0.5) is 0 Å². The molecule has 0 fully saturated rings. The van der Waals surface area contributed by atoms with Crippen molar-refractivity contribution in [3.05, 3.63) is 54.6 Å². The summed E-state index contributed by atoms with van der Waals surface area (Å²) in [6.45, 7) is 0. The normalized spacial score (nSPS) is 15.5. The standard InChI is InChI=1S/C11H9N/c1-2-6-10(7-3-1)11-8-4-5-9-12-11/h1-9H/i2D,3D,4D,6D,8D. The first kappa shape index (κ1) is 3.40. The van der Waals surface area contributed by atoms with Crippen LogP contribution in [0.5, 0.6) is 0 Å². The van der Waals surface area contributed by atoms with Crippen LogP contribution in [-0.4, -0.2) is 4.98 Å². The van der Waals surface area contributed by atoms with Gasteiger partial charge in [0.25, 0.3) is 0 Å². The second-order valence-corrected chi connectivity index (χ2v) is 2.20. The molecule has 12 heavy (non-hydrogen) atoms. The zero-order valence-electron chi connectivity index (χ0n) is 11.3. The lowest BCUT2D eigenvalue weighted by Gasteiger charge is -1.97. The molecular weight excluding hydrogens is 146 g/mol. The summed E-state index contributed by atoms with van der Waals surface area (Å²) in [5, 5.41) is 0. The zero-order valence-corrected chi connectivity index (χ0v) is 6.26. The molecule has 0 aliphatic rings. The van der Waals surface area contributed by atoms with Gasteiger partial charge in [0, 0.05) is 11.8 Å². The molecule has 1 aromatic heterocycles. The van der Waals surface area contributed by atoms with Gasteiger partial charge in [-0.3, -0.25) is 4.98 Å². The zero-order chi connectivity index (χ0) is 12.6. The Morgan fingerprint density at radius 1 is 1.08 bits per heavy atom. The fourth-order valence-electron chi connectivity index (χ4n) is 0.872. The van der Waals surface area contributed by atoms with E-state index in [0.717, 1.165) is 0 Å². The SMILES string of the molecule is [2H]c1cc([2H])c([2H])c(-c2nccc([2H])c2[2H])c1. The van der Waals surface area contributed by atoms with E-state index in [-0.39, 0.29) is 41.5 Å². The number of rotatable bonds is 1. The molecule has 0 saturated heterocycles. The molecule has 1 heterocycles. The molecule has 0 amide bonds. The van der Waals surface area contributed by atoms with E-state index in [1.807, 2.05) is 0 Å². The minimum atomic E-state index is -0.0917. The van der Waals surface area contributed by atoms with Crippen LogP contribution in [0, 0.1) is 0 Å². The van der Waals surface area contributed by atoms with Crippen molar-refractivity contribution in [3.63, 3.8) is 0 Å². The molecule has 0 unspecified atom stereocenters. The van der Waals surface area contributed by atoms with Crippen molar-refractivity contribution in [2.45, 2.75) is 0 Å². The molecule has 2 aromatic rings. The molecule has 2 rings (SSSR count). The summed E-state index contributed by atoms with van der Waals surface area (Å²) >= 11 is 0. The molecule has 0 saturated carbocycles. The van der Waals surface area contributed by atoms with Crippen LogP contribution in [0.2, 0.25) is 0 Å². The summed E-state index contributed by atoms with van der Waals surface area (Å²) < 4.78 is 38.0. The number of nitrogens with zero attached hydrogens (tertiary/aromatic N) is 1. The Hall–Kier alpha value is -1.63. The molecule has 58 valence electrons. The molecular formula is C11H9N. The van der Waals surface area contributed by atoms with E-state index in [1.54, 1.807) is 0 Å². The highest BCUT2D eigenvalue weighted by Crippen LogP contribution is 2.14. The first-order valence-corrected chi connectivity index (χ1v) is 3.51. The number of benzene rings is 1. The van der Waals surface area contributed by atoms with Crippen molar-refractivity contribution < 1.29 is 6.85 Å². The Balaban J connectivity index is 2.73.